The van der Waals surface area contributed by atoms with Crippen molar-refractivity contribution >= 4 is 11.6 Å². The first kappa shape index (κ1) is 18.7. The molecule has 0 aliphatic rings. The maximum atomic E-state index is 12.3. The summed E-state index contributed by atoms with van der Waals surface area (Å²) in [5.74, 6) is 1.85. The third-order valence-corrected chi connectivity index (χ3v) is 4.08. The number of carbonyl (C=O) groups excluding carboxylic acids is 1. The van der Waals surface area contributed by atoms with Crippen LogP contribution in [0.2, 0.25) is 0 Å². The van der Waals surface area contributed by atoms with Crippen LogP contribution in [0.5, 0.6) is 5.75 Å². The summed E-state index contributed by atoms with van der Waals surface area (Å²) in [5, 5.41) is 2.90. The van der Waals surface area contributed by atoms with Gasteiger partial charge in [0.25, 0.3) is 0 Å². The van der Waals surface area contributed by atoms with Crippen molar-refractivity contribution in [1.29, 1.82) is 0 Å². The second-order valence-electron chi connectivity index (χ2n) is 6.38. The molecular weight excluding hydrogens is 340 g/mol. The predicted molar refractivity (Wildman–Crippen MR) is 106 cm³/mol. The second-order valence-corrected chi connectivity index (χ2v) is 6.38. The van der Waals surface area contributed by atoms with Crippen LogP contribution in [0.3, 0.4) is 0 Å². The van der Waals surface area contributed by atoms with E-state index in [1.807, 2.05) is 62.4 Å². The monoisotopic (exact) mass is 364 g/mol. The zero-order valence-corrected chi connectivity index (χ0v) is 15.7. The maximum Gasteiger partial charge on any atom is 0.224 e. The number of aryl methyl sites for hydroxylation is 2. The molecule has 0 bridgehead atoms. The van der Waals surface area contributed by atoms with E-state index in [1.54, 1.807) is 6.20 Å². The van der Waals surface area contributed by atoms with Gasteiger partial charge in [0.1, 0.15) is 5.75 Å². The minimum atomic E-state index is -0.0994. The first-order chi connectivity index (χ1) is 13.2. The molecule has 0 atom stereocenters. The van der Waals surface area contributed by atoms with Crippen molar-refractivity contribution in [3.05, 3.63) is 66.2 Å². The van der Waals surface area contributed by atoms with E-state index in [2.05, 4.69) is 10.3 Å². The third kappa shape index (κ3) is 5.20. The van der Waals surface area contributed by atoms with Gasteiger partial charge in [-0.15, -0.1) is 0 Å². The van der Waals surface area contributed by atoms with Gasteiger partial charge in [0.2, 0.25) is 5.91 Å². The molecule has 0 aliphatic carbocycles. The van der Waals surface area contributed by atoms with Crippen molar-refractivity contribution in [2.75, 3.05) is 11.9 Å². The van der Waals surface area contributed by atoms with Gasteiger partial charge < -0.3 is 14.5 Å². The highest BCUT2D eigenvalue weighted by Crippen LogP contribution is 2.24. The number of nitrogens with one attached hydrogen (secondary N) is 1. The third-order valence-electron chi connectivity index (χ3n) is 4.08. The smallest absolute Gasteiger partial charge is 0.224 e. The lowest BCUT2D eigenvalue weighted by Gasteiger charge is -2.11. The first-order valence-corrected chi connectivity index (χ1v) is 9.19. The lowest BCUT2D eigenvalue weighted by Crippen LogP contribution is -2.13. The van der Waals surface area contributed by atoms with E-state index in [0.29, 0.717) is 36.1 Å². The summed E-state index contributed by atoms with van der Waals surface area (Å²) in [6.45, 7) is 4.70. The van der Waals surface area contributed by atoms with Crippen molar-refractivity contribution in [3.8, 4) is 17.1 Å². The Balaban J connectivity index is 1.56. The molecule has 0 aliphatic heterocycles. The molecule has 1 heterocycles. The van der Waals surface area contributed by atoms with Crippen LogP contribution in [0, 0.1) is 6.92 Å². The molecule has 0 fully saturated rings. The van der Waals surface area contributed by atoms with E-state index >= 15 is 0 Å². The SMILES string of the molecule is CCCOc1ccccc1NC(=O)CCc1ncc(-c2ccc(C)cc2)o1. The standard InChI is InChI=1S/C22H24N2O3/c1-3-14-26-19-7-5-4-6-18(19)24-21(25)12-13-22-23-15-20(27-22)17-10-8-16(2)9-11-17/h4-11,15H,3,12-14H2,1-2H3,(H,24,25). The Morgan fingerprint density at radius 2 is 1.93 bits per heavy atom. The van der Waals surface area contributed by atoms with Gasteiger partial charge in [-0.3, -0.25) is 4.79 Å². The number of amides is 1. The molecule has 5 heteroatoms. The van der Waals surface area contributed by atoms with Gasteiger partial charge in [-0.05, 0) is 25.5 Å². The average Bonchev–Trinajstić information content (AvgIpc) is 3.15. The number of nitrogens with zero attached hydrogens (tertiary/aromatic N) is 1. The van der Waals surface area contributed by atoms with E-state index in [4.69, 9.17) is 9.15 Å². The minimum Gasteiger partial charge on any atom is -0.491 e. The van der Waals surface area contributed by atoms with E-state index in [1.165, 1.54) is 5.56 Å². The molecule has 0 saturated heterocycles. The van der Waals surface area contributed by atoms with Crippen LogP contribution >= 0.6 is 0 Å². The van der Waals surface area contributed by atoms with Crippen molar-refractivity contribution in [2.45, 2.75) is 33.1 Å². The molecule has 27 heavy (non-hydrogen) atoms. The number of carbonyl (C=O) groups is 1. The molecule has 140 valence electrons. The van der Waals surface area contributed by atoms with Crippen LogP contribution in [-0.2, 0) is 11.2 Å². The second kappa shape index (κ2) is 9.03. The number of para-hydroxylation sites is 2. The molecule has 0 spiro atoms. The van der Waals surface area contributed by atoms with Crippen LogP contribution in [-0.4, -0.2) is 17.5 Å². The molecule has 3 rings (SSSR count). The molecule has 5 nitrogen and oxygen atoms in total. The fourth-order valence-corrected chi connectivity index (χ4v) is 2.62. The van der Waals surface area contributed by atoms with Crippen molar-refractivity contribution in [1.82, 2.24) is 4.98 Å². The fraction of sp³-hybridized carbons (Fsp3) is 0.273. The van der Waals surface area contributed by atoms with Crippen LogP contribution in [0.1, 0.15) is 31.2 Å². The molecule has 0 saturated carbocycles. The van der Waals surface area contributed by atoms with Crippen LogP contribution in [0.4, 0.5) is 5.69 Å². The Kier molecular flexibility index (Phi) is 6.26. The quantitative estimate of drug-likeness (QED) is 0.610. The molecule has 0 unspecified atom stereocenters. The van der Waals surface area contributed by atoms with E-state index < -0.39 is 0 Å². The van der Waals surface area contributed by atoms with Gasteiger partial charge in [0, 0.05) is 18.4 Å². The zero-order valence-electron chi connectivity index (χ0n) is 15.7. The molecular formula is C22H24N2O3. The van der Waals surface area contributed by atoms with Crippen LogP contribution in [0.25, 0.3) is 11.3 Å². The molecule has 0 radical (unpaired) electrons. The Morgan fingerprint density at radius 3 is 2.70 bits per heavy atom. The molecule has 2 aromatic carbocycles. The van der Waals surface area contributed by atoms with Gasteiger partial charge >= 0.3 is 0 Å². The summed E-state index contributed by atoms with van der Waals surface area (Å²) in [5.41, 5.74) is 2.85. The van der Waals surface area contributed by atoms with Gasteiger partial charge in [-0.2, -0.15) is 0 Å². The lowest BCUT2D eigenvalue weighted by molar-refractivity contribution is -0.116. The summed E-state index contributed by atoms with van der Waals surface area (Å²) in [4.78, 5) is 16.6. The fourth-order valence-electron chi connectivity index (χ4n) is 2.62. The highest BCUT2D eigenvalue weighted by Gasteiger charge is 2.11. The maximum absolute atomic E-state index is 12.3. The highest BCUT2D eigenvalue weighted by atomic mass is 16.5. The molecule has 1 aromatic heterocycles. The normalized spacial score (nSPS) is 10.6. The summed E-state index contributed by atoms with van der Waals surface area (Å²) in [7, 11) is 0. The Bertz CT molecular complexity index is 885. The van der Waals surface area contributed by atoms with Gasteiger partial charge in [0.15, 0.2) is 11.7 Å². The molecule has 3 aromatic rings. The molecule has 1 N–H and O–H groups in total. The number of benzene rings is 2. The Morgan fingerprint density at radius 1 is 1.15 bits per heavy atom. The molecule has 1 amide bonds. The summed E-state index contributed by atoms with van der Waals surface area (Å²) in [6, 6.07) is 15.5. The summed E-state index contributed by atoms with van der Waals surface area (Å²) < 4.78 is 11.4. The number of rotatable bonds is 8. The summed E-state index contributed by atoms with van der Waals surface area (Å²) in [6.07, 6.45) is 3.34. The van der Waals surface area contributed by atoms with Crippen molar-refractivity contribution in [2.24, 2.45) is 0 Å². The number of aromatic nitrogens is 1. The average molecular weight is 364 g/mol. The van der Waals surface area contributed by atoms with Crippen molar-refractivity contribution < 1.29 is 13.9 Å². The van der Waals surface area contributed by atoms with Crippen molar-refractivity contribution in [3.63, 3.8) is 0 Å². The highest BCUT2D eigenvalue weighted by molar-refractivity contribution is 5.92. The van der Waals surface area contributed by atoms with Crippen LogP contribution < -0.4 is 10.1 Å². The number of ether oxygens (including phenoxy) is 1. The van der Waals surface area contributed by atoms with E-state index in [-0.39, 0.29) is 12.3 Å². The Labute approximate surface area is 159 Å². The van der Waals surface area contributed by atoms with Gasteiger partial charge in [-0.25, -0.2) is 4.98 Å². The first-order valence-electron chi connectivity index (χ1n) is 9.19. The zero-order chi connectivity index (χ0) is 19.1. The Hall–Kier alpha value is -3.08. The van der Waals surface area contributed by atoms with Crippen LogP contribution in [0.15, 0.2) is 59.1 Å². The number of oxazole rings is 1. The van der Waals surface area contributed by atoms with E-state index in [9.17, 15) is 4.79 Å². The predicted octanol–water partition coefficient (Wildman–Crippen LogP) is 5.01. The topological polar surface area (TPSA) is 64.4 Å². The minimum absolute atomic E-state index is 0.0994. The van der Waals surface area contributed by atoms with Gasteiger partial charge in [0.05, 0.1) is 18.5 Å². The largest absolute Gasteiger partial charge is 0.491 e. The van der Waals surface area contributed by atoms with E-state index in [0.717, 1.165) is 12.0 Å². The van der Waals surface area contributed by atoms with Gasteiger partial charge in [-0.1, -0.05) is 48.9 Å². The summed E-state index contributed by atoms with van der Waals surface area (Å²) >= 11 is 0. The number of hydrogen-bond acceptors (Lipinski definition) is 4. The lowest BCUT2D eigenvalue weighted by atomic mass is 10.1. The number of hydrogen-bond donors (Lipinski definition) is 1. The number of anilines is 1.